The Bertz CT molecular complexity index is 2830. The highest BCUT2D eigenvalue weighted by Crippen LogP contribution is 2.50. The lowest BCUT2D eigenvalue weighted by Gasteiger charge is -2.23. The predicted molar refractivity (Wildman–Crippen MR) is 220 cm³/mol. The van der Waals surface area contributed by atoms with Crippen LogP contribution < -0.4 is 4.90 Å². The summed E-state index contributed by atoms with van der Waals surface area (Å²) >= 11 is 0. The van der Waals surface area contributed by atoms with Crippen molar-refractivity contribution in [3.05, 3.63) is 186 Å². The zero-order valence-electron chi connectivity index (χ0n) is 29.1. The number of aromatic nitrogens is 2. The summed E-state index contributed by atoms with van der Waals surface area (Å²) in [5, 5.41) is 10.3. The van der Waals surface area contributed by atoms with Gasteiger partial charge in [-0.2, -0.15) is 0 Å². The first-order chi connectivity index (χ1) is 25.5. The third-order valence-corrected chi connectivity index (χ3v) is 10.8. The van der Waals surface area contributed by atoms with Gasteiger partial charge >= 0.3 is 0 Å². The first-order valence-corrected chi connectivity index (χ1v) is 17.9. The topological polar surface area (TPSA) is 29.0 Å². The third-order valence-electron chi connectivity index (χ3n) is 10.8. The van der Waals surface area contributed by atoms with Gasteiger partial charge in [-0.05, 0) is 143 Å². The molecule has 10 rings (SSSR count). The van der Waals surface area contributed by atoms with Gasteiger partial charge in [0.2, 0.25) is 0 Å². The summed E-state index contributed by atoms with van der Waals surface area (Å²) in [6, 6.07) is 54.7. The van der Waals surface area contributed by atoms with Crippen molar-refractivity contribution < 1.29 is 0 Å². The maximum absolute atomic E-state index is 4.63. The van der Waals surface area contributed by atoms with Crippen molar-refractivity contribution in [1.82, 2.24) is 9.97 Å². The Balaban J connectivity index is 0.979. The summed E-state index contributed by atoms with van der Waals surface area (Å²) in [4.78, 5) is 11.4. The maximum atomic E-state index is 4.63. The Morgan fingerprint density at radius 3 is 1.75 bits per heavy atom. The highest BCUT2D eigenvalue weighted by atomic mass is 15.2. The van der Waals surface area contributed by atoms with Crippen molar-refractivity contribution in [3.63, 3.8) is 0 Å². The molecule has 3 heteroatoms. The molecule has 0 fully saturated rings. The van der Waals surface area contributed by atoms with E-state index in [0.717, 1.165) is 22.7 Å². The lowest BCUT2D eigenvalue weighted by Crippen LogP contribution is -2.15. The first kappa shape index (κ1) is 30.3. The monoisotopic (exact) mass is 665 g/mol. The number of anilines is 3. The average Bonchev–Trinajstić information content (AvgIpc) is 3.42. The Labute approximate surface area is 303 Å². The van der Waals surface area contributed by atoms with Crippen molar-refractivity contribution >= 4 is 72.6 Å². The van der Waals surface area contributed by atoms with Crippen LogP contribution in [0.1, 0.15) is 36.1 Å². The molecule has 2 aromatic heterocycles. The predicted octanol–water partition coefficient (Wildman–Crippen LogP) is 13.0. The lowest BCUT2D eigenvalue weighted by atomic mass is 9.80. The fraction of sp³-hybridized carbons (Fsp3) is 0.0612. The minimum atomic E-state index is -0.115. The van der Waals surface area contributed by atoms with Crippen LogP contribution in [-0.2, 0) is 5.41 Å². The van der Waals surface area contributed by atoms with Gasteiger partial charge in [-0.25, -0.2) is 9.97 Å². The van der Waals surface area contributed by atoms with Gasteiger partial charge in [0.25, 0.3) is 0 Å². The molecule has 0 unspecified atom stereocenters. The van der Waals surface area contributed by atoms with Crippen molar-refractivity contribution in [2.75, 3.05) is 4.90 Å². The second-order valence-electron chi connectivity index (χ2n) is 14.4. The van der Waals surface area contributed by atoms with Gasteiger partial charge in [0.15, 0.2) is 0 Å². The van der Waals surface area contributed by atoms with Crippen molar-refractivity contribution in [1.29, 1.82) is 0 Å². The number of rotatable bonds is 6. The largest absolute Gasteiger partial charge is 0.279 e. The zero-order chi connectivity index (χ0) is 34.8. The molecular weight excluding hydrogens is 631 g/mol. The Morgan fingerprint density at radius 2 is 1.00 bits per heavy atom. The van der Waals surface area contributed by atoms with E-state index < -0.39 is 0 Å². The van der Waals surface area contributed by atoms with E-state index in [2.05, 4.69) is 156 Å². The fourth-order valence-electron chi connectivity index (χ4n) is 8.16. The average molecular weight is 666 g/mol. The number of nitrogens with zero attached hydrogens (tertiary/aromatic N) is 3. The van der Waals surface area contributed by atoms with Gasteiger partial charge < -0.3 is 0 Å². The molecular formula is C49H35N3. The molecule has 0 aliphatic heterocycles. The van der Waals surface area contributed by atoms with Crippen LogP contribution in [0.25, 0.3) is 66.4 Å². The van der Waals surface area contributed by atoms with Crippen molar-refractivity contribution in [3.8, 4) is 11.1 Å². The van der Waals surface area contributed by atoms with Crippen LogP contribution in [0.2, 0.25) is 0 Å². The highest BCUT2D eigenvalue weighted by molar-refractivity contribution is 6.16. The second-order valence-corrected chi connectivity index (χ2v) is 14.4. The van der Waals surface area contributed by atoms with Gasteiger partial charge in [0, 0.05) is 23.5 Å². The number of pyridine rings is 2. The highest BCUT2D eigenvalue weighted by Gasteiger charge is 2.34. The van der Waals surface area contributed by atoms with Crippen LogP contribution in [0.4, 0.5) is 17.3 Å². The molecule has 0 N–H and O–H groups in total. The van der Waals surface area contributed by atoms with E-state index in [4.69, 9.17) is 0 Å². The molecule has 1 aliphatic rings. The molecule has 0 saturated carbocycles. The summed E-state index contributed by atoms with van der Waals surface area (Å²) in [7, 11) is 0. The number of benzene rings is 7. The molecule has 1 aliphatic carbocycles. The third kappa shape index (κ3) is 4.97. The lowest BCUT2D eigenvalue weighted by molar-refractivity contribution is 0.663. The van der Waals surface area contributed by atoms with E-state index in [1.165, 1.54) is 71.1 Å². The van der Waals surface area contributed by atoms with E-state index in [0.29, 0.717) is 0 Å². The number of hydrogen-bond acceptors (Lipinski definition) is 3. The summed E-state index contributed by atoms with van der Waals surface area (Å²) in [5.74, 6) is 1.66. The Kier molecular flexibility index (Phi) is 6.84. The smallest absolute Gasteiger partial charge is 0.138 e. The molecule has 0 spiro atoms. The minimum Gasteiger partial charge on any atom is -0.279 e. The van der Waals surface area contributed by atoms with Crippen molar-refractivity contribution in [2.45, 2.75) is 19.3 Å². The second kappa shape index (κ2) is 11.8. The van der Waals surface area contributed by atoms with Gasteiger partial charge in [-0.1, -0.05) is 111 Å². The molecule has 9 aromatic rings. The maximum Gasteiger partial charge on any atom is 0.138 e. The quantitative estimate of drug-likeness (QED) is 0.131. The van der Waals surface area contributed by atoms with Gasteiger partial charge in [-0.15, -0.1) is 0 Å². The fourth-order valence-corrected chi connectivity index (χ4v) is 8.16. The van der Waals surface area contributed by atoms with Crippen LogP contribution in [-0.4, -0.2) is 9.97 Å². The first-order valence-electron chi connectivity index (χ1n) is 17.9. The zero-order valence-corrected chi connectivity index (χ0v) is 29.1. The van der Waals surface area contributed by atoms with Crippen molar-refractivity contribution in [2.24, 2.45) is 0 Å². The van der Waals surface area contributed by atoms with E-state index in [-0.39, 0.29) is 5.41 Å². The summed E-state index contributed by atoms with van der Waals surface area (Å²) in [6.45, 7) is 4.77. The van der Waals surface area contributed by atoms with Crippen LogP contribution in [0.5, 0.6) is 0 Å². The van der Waals surface area contributed by atoms with Gasteiger partial charge in [-0.3, -0.25) is 4.90 Å². The summed E-state index contributed by atoms with van der Waals surface area (Å²) in [5.41, 5.74) is 8.64. The standard InChI is InChI=1S/C49H35N3/c1-49(2)43-27-33(26-39-19-20-40-29-41(31-44(49)48(40)47(39)43)37-18-17-34-9-3-4-10-35(34)28-37)14-13-32-15-16-38-30-42(22-21-36(38)25-32)52(45-11-5-7-23-50-45)46-12-6-8-24-51-46/h3-31H,1-2H3/b14-13+. The Morgan fingerprint density at radius 1 is 0.442 bits per heavy atom. The number of fused-ring (bicyclic) bond motifs is 2. The molecule has 0 radical (unpaired) electrons. The summed E-state index contributed by atoms with van der Waals surface area (Å²) < 4.78 is 0. The normalized spacial score (nSPS) is 13.3. The van der Waals surface area contributed by atoms with E-state index in [1.807, 2.05) is 48.8 Å². The Hall–Kier alpha value is -6.58. The van der Waals surface area contributed by atoms with Crippen LogP contribution >= 0.6 is 0 Å². The molecule has 0 atom stereocenters. The molecule has 0 amide bonds. The van der Waals surface area contributed by atoms with E-state index >= 15 is 0 Å². The van der Waals surface area contributed by atoms with Gasteiger partial charge in [0.05, 0.1) is 0 Å². The molecule has 2 heterocycles. The molecule has 7 aromatic carbocycles. The molecule has 0 bridgehead atoms. The van der Waals surface area contributed by atoms with Crippen LogP contribution in [0.3, 0.4) is 0 Å². The molecule has 0 saturated heterocycles. The molecule has 52 heavy (non-hydrogen) atoms. The van der Waals surface area contributed by atoms with Gasteiger partial charge in [0.1, 0.15) is 11.6 Å². The molecule has 246 valence electrons. The molecule has 3 nitrogen and oxygen atoms in total. The van der Waals surface area contributed by atoms with E-state index in [1.54, 1.807) is 0 Å². The van der Waals surface area contributed by atoms with Crippen LogP contribution in [0.15, 0.2) is 164 Å². The number of hydrogen-bond donors (Lipinski definition) is 0. The minimum absolute atomic E-state index is 0.115. The summed E-state index contributed by atoms with van der Waals surface area (Å²) in [6.07, 6.45) is 8.13. The van der Waals surface area contributed by atoms with E-state index in [9.17, 15) is 0 Å². The van der Waals surface area contributed by atoms with Crippen LogP contribution in [0, 0.1) is 0 Å². The SMILES string of the molecule is CC1(C)c2cc(/C=C/c3ccc4cc(N(c5ccccn5)c5ccccn5)ccc4c3)cc3ccc4cc(-c5ccc6ccccc6c5)cc1c4c23.